The van der Waals surface area contributed by atoms with E-state index >= 15 is 0 Å². The highest BCUT2D eigenvalue weighted by Crippen LogP contribution is 2.11. The molecule has 0 bridgehead atoms. The van der Waals surface area contributed by atoms with E-state index in [2.05, 4.69) is 19.2 Å². The van der Waals surface area contributed by atoms with Gasteiger partial charge >= 0.3 is 0 Å². The summed E-state index contributed by atoms with van der Waals surface area (Å²) in [6.45, 7) is 6.69. The topological polar surface area (TPSA) is 32.3 Å². The van der Waals surface area contributed by atoms with Gasteiger partial charge in [-0.25, -0.2) is 0 Å². The third kappa shape index (κ3) is 3.17. The standard InChI is InChI=1S/C11H16NO/c1-3-7-12-11(13)10-6-4-5-9(2)8-10/h4-6,8,11-13H,2-3,7H2,1H3. The number of benzene rings is 1. The van der Waals surface area contributed by atoms with Gasteiger partial charge < -0.3 is 5.11 Å². The fourth-order valence-electron chi connectivity index (χ4n) is 1.16. The van der Waals surface area contributed by atoms with E-state index in [1.54, 1.807) is 0 Å². The molecule has 1 aromatic carbocycles. The predicted molar refractivity (Wildman–Crippen MR) is 54.2 cm³/mol. The minimum Gasteiger partial charge on any atom is -0.374 e. The third-order valence-corrected chi connectivity index (χ3v) is 1.85. The lowest BCUT2D eigenvalue weighted by atomic mass is 10.1. The smallest absolute Gasteiger partial charge is 0.131 e. The Hall–Kier alpha value is -0.860. The Balaban J connectivity index is 2.60. The maximum absolute atomic E-state index is 9.64. The van der Waals surface area contributed by atoms with Gasteiger partial charge in [-0.15, -0.1) is 0 Å². The summed E-state index contributed by atoms with van der Waals surface area (Å²) in [5.41, 5.74) is 1.80. The molecule has 2 N–H and O–H groups in total. The monoisotopic (exact) mass is 178 g/mol. The summed E-state index contributed by atoms with van der Waals surface area (Å²) in [7, 11) is 0. The first-order valence-electron chi connectivity index (χ1n) is 4.57. The highest BCUT2D eigenvalue weighted by atomic mass is 16.3. The number of hydrogen-bond donors (Lipinski definition) is 2. The molecule has 0 saturated carbocycles. The number of rotatable bonds is 4. The second-order valence-electron chi connectivity index (χ2n) is 3.10. The molecule has 0 amide bonds. The number of aliphatic hydroxyl groups excluding tert-OH is 1. The molecule has 1 atom stereocenters. The van der Waals surface area contributed by atoms with Gasteiger partial charge in [0, 0.05) is 0 Å². The fraction of sp³-hybridized carbons (Fsp3) is 0.364. The zero-order valence-corrected chi connectivity index (χ0v) is 7.96. The quantitative estimate of drug-likeness (QED) is 0.690. The number of nitrogens with one attached hydrogen (secondary N) is 1. The van der Waals surface area contributed by atoms with Gasteiger partial charge in [-0.2, -0.15) is 0 Å². The van der Waals surface area contributed by atoms with Crippen LogP contribution in [-0.2, 0) is 0 Å². The van der Waals surface area contributed by atoms with Crippen LogP contribution in [0, 0.1) is 6.92 Å². The largest absolute Gasteiger partial charge is 0.374 e. The van der Waals surface area contributed by atoms with E-state index in [1.807, 2.05) is 24.3 Å². The van der Waals surface area contributed by atoms with Crippen molar-refractivity contribution in [3.8, 4) is 0 Å². The number of aliphatic hydroxyl groups is 1. The minimum atomic E-state index is -0.568. The molecule has 0 saturated heterocycles. The first kappa shape index (κ1) is 10.2. The van der Waals surface area contributed by atoms with Crippen molar-refractivity contribution in [2.45, 2.75) is 19.6 Å². The SMILES string of the molecule is [CH2]c1cccc(C(O)NCCC)c1. The molecule has 2 nitrogen and oxygen atoms in total. The van der Waals surface area contributed by atoms with E-state index in [1.165, 1.54) is 0 Å². The van der Waals surface area contributed by atoms with Crippen molar-refractivity contribution >= 4 is 0 Å². The van der Waals surface area contributed by atoms with E-state index in [0.29, 0.717) is 0 Å². The molecule has 1 radical (unpaired) electrons. The van der Waals surface area contributed by atoms with Crippen molar-refractivity contribution in [2.24, 2.45) is 0 Å². The molecule has 0 aliphatic carbocycles. The van der Waals surface area contributed by atoms with Crippen molar-refractivity contribution in [1.29, 1.82) is 0 Å². The first-order valence-corrected chi connectivity index (χ1v) is 4.57. The lowest BCUT2D eigenvalue weighted by Gasteiger charge is -2.12. The summed E-state index contributed by atoms with van der Waals surface area (Å²) in [6.07, 6.45) is 0.447. The maximum atomic E-state index is 9.64. The van der Waals surface area contributed by atoms with E-state index in [4.69, 9.17) is 0 Å². The Morgan fingerprint density at radius 2 is 2.31 bits per heavy atom. The van der Waals surface area contributed by atoms with E-state index < -0.39 is 6.23 Å². The van der Waals surface area contributed by atoms with Crippen LogP contribution in [0.4, 0.5) is 0 Å². The molecule has 0 spiro atoms. The Morgan fingerprint density at radius 1 is 1.54 bits per heavy atom. The molecule has 13 heavy (non-hydrogen) atoms. The third-order valence-electron chi connectivity index (χ3n) is 1.85. The second kappa shape index (κ2) is 5.00. The molecule has 0 aliphatic heterocycles. The predicted octanol–water partition coefficient (Wildman–Crippen LogP) is 1.86. The summed E-state index contributed by atoms with van der Waals surface area (Å²) < 4.78 is 0. The van der Waals surface area contributed by atoms with Gasteiger partial charge in [0.2, 0.25) is 0 Å². The molecular weight excluding hydrogens is 162 g/mol. The molecule has 0 aromatic heterocycles. The lowest BCUT2D eigenvalue weighted by Crippen LogP contribution is -2.21. The van der Waals surface area contributed by atoms with Gasteiger partial charge in [0.25, 0.3) is 0 Å². The lowest BCUT2D eigenvalue weighted by molar-refractivity contribution is 0.139. The van der Waals surface area contributed by atoms with Crippen molar-refractivity contribution in [3.63, 3.8) is 0 Å². The molecule has 0 aliphatic rings. The van der Waals surface area contributed by atoms with Crippen LogP contribution in [0.25, 0.3) is 0 Å². The van der Waals surface area contributed by atoms with Crippen molar-refractivity contribution in [1.82, 2.24) is 5.32 Å². The Bertz CT molecular complexity index is 260. The van der Waals surface area contributed by atoms with Crippen LogP contribution in [0.1, 0.15) is 30.7 Å². The van der Waals surface area contributed by atoms with E-state index in [0.717, 1.165) is 24.1 Å². The Labute approximate surface area is 79.6 Å². The summed E-state index contributed by atoms with van der Waals surface area (Å²) >= 11 is 0. The maximum Gasteiger partial charge on any atom is 0.131 e. The average Bonchev–Trinajstić information content (AvgIpc) is 2.14. The highest BCUT2D eigenvalue weighted by Gasteiger charge is 2.04. The van der Waals surface area contributed by atoms with E-state index in [9.17, 15) is 5.11 Å². The summed E-state index contributed by atoms with van der Waals surface area (Å²) in [6, 6.07) is 7.58. The van der Waals surface area contributed by atoms with Gasteiger partial charge in [0.05, 0.1) is 0 Å². The summed E-state index contributed by atoms with van der Waals surface area (Å²) in [4.78, 5) is 0. The highest BCUT2D eigenvalue weighted by molar-refractivity contribution is 5.26. The van der Waals surface area contributed by atoms with Gasteiger partial charge in [0.1, 0.15) is 6.23 Å². The molecule has 71 valence electrons. The van der Waals surface area contributed by atoms with Crippen molar-refractivity contribution < 1.29 is 5.11 Å². The van der Waals surface area contributed by atoms with Gasteiger partial charge in [0.15, 0.2) is 0 Å². The van der Waals surface area contributed by atoms with Gasteiger partial charge in [-0.1, -0.05) is 31.2 Å². The van der Waals surface area contributed by atoms with Crippen LogP contribution in [0.3, 0.4) is 0 Å². The van der Waals surface area contributed by atoms with Crippen LogP contribution in [0.2, 0.25) is 0 Å². The molecule has 1 rings (SSSR count). The molecular formula is C11H16NO. The first-order chi connectivity index (χ1) is 6.24. The fourth-order valence-corrected chi connectivity index (χ4v) is 1.16. The minimum absolute atomic E-state index is 0.568. The van der Waals surface area contributed by atoms with Crippen LogP contribution < -0.4 is 5.32 Å². The number of hydrogen-bond acceptors (Lipinski definition) is 2. The molecule has 2 heteroatoms. The van der Waals surface area contributed by atoms with Crippen LogP contribution in [0.5, 0.6) is 0 Å². The Morgan fingerprint density at radius 3 is 2.92 bits per heavy atom. The van der Waals surface area contributed by atoms with Crippen LogP contribution in [-0.4, -0.2) is 11.7 Å². The molecule has 0 fully saturated rings. The summed E-state index contributed by atoms with van der Waals surface area (Å²) in [5, 5.41) is 12.6. The van der Waals surface area contributed by atoms with Crippen molar-refractivity contribution in [2.75, 3.05) is 6.54 Å². The second-order valence-corrected chi connectivity index (χ2v) is 3.10. The normalized spacial score (nSPS) is 12.8. The average molecular weight is 178 g/mol. The zero-order chi connectivity index (χ0) is 9.68. The van der Waals surface area contributed by atoms with Gasteiger partial charge in [-0.05, 0) is 31.0 Å². The zero-order valence-electron chi connectivity index (χ0n) is 7.96. The summed E-state index contributed by atoms with van der Waals surface area (Å²) in [5.74, 6) is 0. The van der Waals surface area contributed by atoms with Gasteiger partial charge in [-0.3, -0.25) is 5.32 Å². The molecule has 1 aromatic rings. The van der Waals surface area contributed by atoms with E-state index in [-0.39, 0.29) is 0 Å². The van der Waals surface area contributed by atoms with Crippen molar-refractivity contribution in [3.05, 3.63) is 42.3 Å². The van der Waals surface area contributed by atoms with Crippen LogP contribution >= 0.6 is 0 Å². The van der Waals surface area contributed by atoms with Crippen LogP contribution in [0.15, 0.2) is 24.3 Å². The molecule has 0 heterocycles. The Kier molecular flexibility index (Phi) is 3.93. The molecule has 1 unspecified atom stereocenters.